The summed E-state index contributed by atoms with van der Waals surface area (Å²) in [7, 11) is 2.21. The van der Waals surface area contributed by atoms with Crippen LogP contribution in [0.1, 0.15) is 47.5 Å². The van der Waals surface area contributed by atoms with E-state index in [4.69, 9.17) is 4.99 Å². The lowest BCUT2D eigenvalue weighted by molar-refractivity contribution is 0.140. The largest absolute Gasteiger partial charge is 0.357 e. The van der Waals surface area contributed by atoms with Gasteiger partial charge in [-0.25, -0.2) is 0 Å². The van der Waals surface area contributed by atoms with Gasteiger partial charge in [-0.05, 0) is 59.3 Å². The van der Waals surface area contributed by atoms with E-state index in [2.05, 4.69) is 67.0 Å². The highest BCUT2D eigenvalue weighted by atomic mass is 15.2. The van der Waals surface area contributed by atoms with Crippen LogP contribution in [0.3, 0.4) is 0 Å². The second-order valence-electron chi connectivity index (χ2n) is 8.14. The predicted molar refractivity (Wildman–Crippen MR) is 119 cm³/mol. The first-order valence-electron chi connectivity index (χ1n) is 11.2. The van der Waals surface area contributed by atoms with Crippen molar-refractivity contribution in [1.29, 1.82) is 0 Å². The molecule has 0 aliphatic carbocycles. The quantitative estimate of drug-likeness (QED) is 0.399. The molecule has 0 radical (unpaired) electrons. The van der Waals surface area contributed by atoms with Crippen LogP contribution < -0.4 is 10.6 Å². The van der Waals surface area contributed by atoms with Gasteiger partial charge in [-0.3, -0.25) is 4.99 Å². The summed E-state index contributed by atoms with van der Waals surface area (Å²) in [5.41, 5.74) is 0. The first-order chi connectivity index (χ1) is 13.0. The normalized spacial score (nSPS) is 19.3. The molecule has 27 heavy (non-hydrogen) atoms. The molecular formula is C21H46N6. The van der Waals surface area contributed by atoms with Gasteiger partial charge in [0.15, 0.2) is 5.96 Å². The van der Waals surface area contributed by atoms with E-state index in [1.807, 2.05) is 0 Å². The highest BCUT2D eigenvalue weighted by Gasteiger charge is 2.16. The summed E-state index contributed by atoms with van der Waals surface area (Å²) in [6.45, 7) is 22.4. The molecule has 0 saturated carbocycles. The maximum absolute atomic E-state index is 4.86. The van der Waals surface area contributed by atoms with Gasteiger partial charge in [0.1, 0.15) is 0 Å². The Labute approximate surface area is 168 Å². The highest BCUT2D eigenvalue weighted by molar-refractivity contribution is 5.80. The van der Waals surface area contributed by atoms with Crippen molar-refractivity contribution in [2.24, 2.45) is 10.9 Å². The van der Waals surface area contributed by atoms with Crippen molar-refractivity contribution in [3.63, 3.8) is 0 Å². The van der Waals surface area contributed by atoms with Crippen LogP contribution in [0.25, 0.3) is 0 Å². The van der Waals surface area contributed by atoms with E-state index in [0.717, 1.165) is 38.7 Å². The molecule has 2 unspecified atom stereocenters. The molecule has 0 bridgehead atoms. The van der Waals surface area contributed by atoms with Crippen LogP contribution in [0.4, 0.5) is 0 Å². The van der Waals surface area contributed by atoms with Crippen LogP contribution in [0, 0.1) is 5.92 Å². The van der Waals surface area contributed by atoms with Gasteiger partial charge in [0.05, 0.1) is 0 Å². The molecule has 160 valence electrons. The Hall–Kier alpha value is -0.850. The lowest BCUT2D eigenvalue weighted by Gasteiger charge is -2.33. The topological polar surface area (TPSA) is 46.1 Å². The minimum Gasteiger partial charge on any atom is -0.357 e. The molecule has 1 aliphatic heterocycles. The van der Waals surface area contributed by atoms with Crippen LogP contribution in [-0.4, -0.2) is 99.2 Å². The number of nitrogens with zero attached hydrogens (tertiary/aromatic N) is 4. The standard InChI is InChI=1S/C21H46N6/c1-7-22-21(24-20(5)11-10-12-26(8-2)9-3)23-17-19(4)18-27-15-13-25(6)14-16-27/h19-20H,7-18H2,1-6H3,(H2,22,23,24). The SMILES string of the molecule is CCNC(=NCC(C)CN1CCN(C)CC1)NC(C)CCCN(CC)CC. The summed E-state index contributed by atoms with van der Waals surface area (Å²) < 4.78 is 0. The average molecular weight is 383 g/mol. The van der Waals surface area contributed by atoms with E-state index in [1.54, 1.807) is 0 Å². The molecule has 1 heterocycles. The van der Waals surface area contributed by atoms with Crippen molar-refractivity contribution in [3.05, 3.63) is 0 Å². The number of aliphatic imine (C=N–C) groups is 1. The van der Waals surface area contributed by atoms with Crippen molar-refractivity contribution in [1.82, 2.24) is 25.3 Å². The highest BCUT2D eigenvalue weighted by Crippen LogP contribution is 2.05. The Bertz CT molecular complexity index is 388. The van der Waals surface area contributed by atoms with Gasteiger partial charge in [0.25, 0.3) is 0 Å². The van der Waals surface area contributed by atoms with Crippen molar-refractivity contribution < 1.29 is 0 Å². The van der Waals surface area contributed by atoms with Gasteiger partial charge in [-0.15, -0.1) is 0 Å². The summed E-state index contributed by atoms with van der Waals surface area (Å²) >= 11 is 0. The monoisotopic (exact) mass is 382 g/mol. The molecule has 0 spiro atoms. The van der Waals surface area contributed by atoms with E-state index in [0.29, 0.717) is 12.0 Å². The van der Waals surface area contributed by atoms with E-state index >= 15 is 0 Å². The van der Waals surface area contributed by atoms with Gasteiger partial charge in [-0.1, -0.05) is 20.8 Å². The summed E-state index contributed by atoms with van der Waals surface area (Å²) in [4.78, 5) is 12.3. The van der Waals surface area contributed by atoms with Gasteiger partial charge >= 0.3 is 0 Å². The van der Waals surface area contributed by atoms with Gasteiger partial charge in [0.2, 0.25) is 0 Å². The van der Waals surface area contributed by atoms with Gasteiger partial charge < -0.3 is 25.3 Å². The fraction of sp³-hybridized carbons (Fsp3) is 0.952. The van der Waals surface area contributed by atoms with Crippen molar-refractivity contribution >= 4 is 5.96 Å². The second-order valence-corrected chi connectivity index (χ2v) is 8.14. The molecule has 2 atom stereocenters. The summed E-state index contributed by atoms with van der Waals surface area (Å²) in [5.74, 6) is 1.56. The number of guanidine groups is 1. The molecule has 6 heteroatoms. The Morgan fingerprint density at radius 2 is 1.74 bits per heavy atom. The zero-order valence-electron chi connectivity index (χ0n) is 18.9. The summed E-state index contributed by atoms with van der Waals surface area (Å²) in [6.07, 6.45) is 2.41. The molecule has 0 aromatic rings. The summed E-state index contributed by atoms with van der Waals surface area (Å²) in [5, 5.41) is 7.00. The molecule has 1 rings (SSSR count). The third-order valence-corrected chi connectivity index (χ3v) is 5.46. The van der Waals surface area contributed by atoms with Crippen molar-refractivity contribution in [2.75, 3.05) is 72.5 Å². The predicted octanol–water partition coefficient (Wildman–Crippen LogP) is 1.94. The minimum absolute atomic E-state index is 0.450. The van der Waals surface area contributed by atoms with E-state index in [9.17, 15) is 0 Å². The Balaban J connectivity index is 2.35. The lowest BCUT2D eigenvalue weighted by Crippen LogP contribution is -2.46. The fourth-order valence-electron chi connectivity index (χ4n) is 3.56. The molecular weight excluding hydrogens is 336 g/mol. The van der Waals surface area contributed by atoms with Gasteiger partial charge in [-0.2, -0.15) is 0 Å². The van der Waals surface area contributed by atoms with Crippen LogP contribution in [0.2, 0.25) is 0 Å². The van der Waals surface area contributed by atoms with Crippen LogP contribution >= 0.6 is 0 Å². The minimum atomic E-state index is 0.450. The zero-order valence-corrected chi connectivity index (χ0v) is 18.9. The molecule has 2 N–H and O–H groups in total. The number of rotatable bonds is 12. The van der Waals surface area contributed by atoms with Gasteiger partial charge in [0, 0.05) is 51.9 Å². The zero-order chi connectivity index (χ0) is 20.1. The molecule has 0 aromatic heterocycles. The molecule has 0 aromatic carbocycles. The van der Waals surface area contributed by atoms with Crippen LogP contribution in [0.15, 0.2) is 4.99 Å². The third-order valence-electron chi connectivity index (χ3n) is 5.46. The first-order valence-corrected chi connectivity index (χ1v) is 11.2. The smallest absolute Gasteiger partial charge is 0.191 e. The summed E-state index contributed by atoms with van der Waals surface area (Å²) in [6, 6.07) is 0.450. The molecule has 1 aliphatic rings. The van der Waals surface area contributed by atoms with E-state index < -0.39 is 0 Å². The molecule has 1 fully saturated rings. The van der Waals surface area contributed by atoms with Crippen molar-refractivity contribution in [3.8, 4) is 0 Å². The second kappa shape index (κ2) is 14.2. The number of piperazine rings is 1. The first kappa shape index (κ1) is 24.2. The maximum Gasteiger partial charge on any atom is 0.191 e. The van der Waals surface area contributed by atoms with Crippen LogP contribution in [-0.2, 0) is 0 Å². The Morgan fingerprint density at radius 3 is 2.33 bits per heavy atom. The Kier molecular flexibility index (Phi) is 12.7. The molecule has 1 saturated heterocycles. The number of hydrogen-bond donors (Lipinski definition) is 2. The average Bonchev–Trinajstić information content (AvgIpc) is 2.65. The number of nitrogens with one attached hydrogen (secondary N) is 2. The van der Waals surface area contributed by atoms with Crippen molar-refractivity contribution in [2.45, 2.75) is 53.5 Å². The molecule has 0 amide bonds. The van der Waals surface area contributed by atoms with Crippen LogP contribution in [0.5, 0.6) is 0 Å². The third kappa shape index (κ3) is 10.9. The van der Waals surface area contributed by atoms with E-state index in [-0.39, 0.29) is 0 Å². The molecule has 6 nitrogen and oxygen atoms in total. The Morgan fingerprint density at radius 1 is 1.07 bits per heavy atom. The van der Waals surface area contributed by atoms with E-state index in [1.165, 1.54) is 45.6 Å². The number of likely N-dealkylation sites (N-methyl/N-ethyl adjacent to an activating group) is 1. The fourth-order valence-corrected chi connectivity index (χ4v) is 3.56. The lowest BCUT2D eigenvalue weighted by atomic mass is 10.1. The maximum atomic E-state index is 4.86. The number of hydrogen-bond acceptors (Lipinski definition) is 4.